The van der Waals surface area contributed by atoms with Gasteiger partial charge in [0.1, 0.15) is 5.82 Å². The van der Waals surface area contributed by atoms with Crippen molar-refractivity contribution < 1.29 is 14.7 Å². The van der Waals surface area contributed by atoms with Crippen LogP contribution in [0.2, 0.25) is 0 Å². The summed E-state index contributed by atoms with van der Waals surface area (Å²) in [5.41, 5.74) is 7.93. The molecule has 30 heavy (non-hydrogen) atoms. The van der Waals surface area contributed by atoms with Crippen molar-refractivity contribution in [1.29, 1.82) is 0 Å². The third kappa shape index (κ3) is 5.36. The molecule has 2 amide bonds. The molecule has 1 aromatic carbocycles. The smallest absolute Gasteiger partial charge is 0.313 e. The summed E-state index contributed by atoms with van der Waals surface area (Å²) >= 11 is 0. The van der Waals surface area contributed by atoms with Gasteiger partial charge >= 0.3 is 11.8 Å². The first-order valence-corrected chi connectivity index (χ1v) is 10.4. The molecule has 160 valence electrons. The van der Waals surface area contributed by atoms with Crippen molar-refractivity contribution in [3.05, 3.63) is 53.7 Å². The number of pyridine rings is 1. The highest BCUT2D eigenvalue weighted by Crippen LogP contribution is 2.35. The van der Waals surface area contributed by atoms with E-state index in [0.29, 0.717) is 24.5 Å². The third-order valence-corrected chi connectivity index (χ3v) is 5.69. The maximum Gasteiger partial charge on any atom is 0.313 e. The summed E-state index contributed by atoms with van der Waals surface area (Å²) in [5.74, 6) is -0.588. The predicted octanol–water partition coefficient (Wildman–Crippen LogP) is 3.05. The number of carbonyl (C=O) groups excluding carboxylic acids is 2. The van der Waals surface area contributed by atoms with Crippen molar-refractivity contribution in [2.45, 2.75) is 51.7 Å². The molecule has 3 rings (SSSR count). The molecule has 0 saturated carbocycles. The number of benzene rings is 1. The van der Waals surface area contributed by atoms with E-state index in [-0.39, 0.29) is 18.1 Å². The summed E-state index contributed by atoms with van der Waals surface area (Å²) in [5, 5.41) is 12.3. The van der Waals surface area contributed by atoms with E-state index < -0.39 is 11.8 Å². The van der Waals surface area contributed by atoms with Crippen LogP contribution in [0, 0.1) is 12.8 Å². The minimum absolute atomic E-state index is 0.140. The summed E-state index contributed by atoms with van der Waals surface area (Å²) in [6.45, 7) is 4.06. The quantitative estimate of drug-likeness (QED) is 0.657. The Morgan fingerprint density at radius 3 is 2.70 bits per heavy atom. The van der Waals surface area contributed by atoms with Gasteiger partial charge < -0.3 is 21.1 Å². The van der Waals surface area contributed by atoms with Crippen LogP contribution in [0.15, 0.2) is 42.6 Å². The number of hydrogen-bond donors (Lipinski definition) is 3. The second-order valence-electron chi connectivity index (χ2n) is 8.13. The zero-order chi connectivity index (χ0) is 21.7. The van der Waals surface area contributed by atoms with Gasteiger partial charge in [-0.3, -0.25) is 9.59 Å². The number of anilines is 2. The fourth-order valence-electron chi connectivity index (χ4n) is 3.97. The molecule has 7 nitrogen and oxygen atoms in total. The molecule has 1 fully saturated rings. The Hall–Kier alpha value is -2.93. The lowest BCUT2D eigenvalue weighted by atomic mass is 9.86. The van der Waals surface area contributed by atoms with Gasteiger partial charge in [0.25, 0.3) is 0 Å². The maximum absolute atomic E-state index is 13.1. The number of nitrogens with two attached hydrogens (primary N) is 1. The Morgan fingerprint density at radius 2 is 2.03 bits per heavy atom. The average molecular weight is 411 g/mol. The average Bonchev–Trinajstić information content (AvgIpc) is 2.74. The summed E-state index contributed by atoms with van der Waals surface area (Å²) in [6, 6.07) is 11.4. The van der Waals surface area contributed by atoms with Crippen LogP contribution in [-0.4, -0.2) is 39.5 Å². The second kappa shape index (κ2) is 9.71. The van der Waals surface area contributed by atoms with Crippen LogP contribution in [0.5, 0.6) is 0 Å². The van der Waals surface area contributed by atoms with Gasteiger partial charge in [-0.05, 0) is 62.6 Å². The molecule has 1 aliphatic rings. The van der Waals surface area contributed by atoms with Gasteiger partial charge in [-0.25, -0.2) is 4.98 Å². The molecule has 3 atom stereocenters. The van der Waals surface area contributed by atoms with E-state index in [4.69, 9.17) is 5.73 Å². The number of rotatable bonds is 5. The minimum atomic E-state index is -0.682. The molecule has 7 heteroatoms. The number of aliphatic hydroxyl groups excluding tert-OH is 1. The first-order chi connectivity index (χ1) is 14.3. The summed E-state index contributed by atoms with van der Waals surface area (Å²) < 4.78 is 0. The van der Waals surface area contributed by atoms with Crippen LogP contribution in [0.25, 0.3) is 0 Å². The van der Waals surface area contributed by atoms with Crippen molar-refractivity contribution in [1.82, 2.24) is 9.88 Å². The van der Waals surface area contributed by atoms with Crippen LogP contribution in [0.4, 0.5) is 11.5 Å². The summed E-state index contributed by atoms with van der Waals surface area (Å²) in [7, 11) is 0. The Morgan fingerprint density at radius 1 is 1.30 bits per heavy atom. The number of piperidine rings is 1. The van der Waals surface area contributed by atoms with Crippen molar-refractivity contribution in [3.63, 3.8) is 0 Å². The molecule has 0 spiro atoms. The molecular formula is C23H30N4O3. The Balaban J connectivity index is 1.77. The first kappa shape index (κ1) is 21.8. The van der Waals surface area contributed by atoms with E-state index in [1.807, 2.05) is 30.3 Å². The molecule has 1 aromatic heterocycles. The van der Waals surface area contributed by atoms with Crippen molar-refractivity contribution >= 4 is 23.3 Å². The first-order valence-electron chi connectivity index (χ1n) is 10.4. The fourth-order valence-corrected chi connectivity index (χ4v) is 3.97. The second-order valence-corrected chi connectivity index (χ2v) is 8.13. The summed E-state index contributed by atoms with van der Waals surface area (Å²) in [6.07, 6.45) is 4.33. The topological polar surface area (TPSA) is 109 Å². The molecule has 0 radical (unpaired) electrons. The van der Waals surface area contributed by atoms with Crippen LogP contribution >= 0.6 is 0 Å². The van der Waals surface area contributed by atoms with Gasteiger partial charge in [-0.15, -0.1) is 0 Å². The lowest BCUT2D eigenvalue weighted by Crippen LogP contribution is -2.47. The van der Waals surface area contributed by atoms with E-state index in [9.17, 15) is 14.7 Å². The molecule has 0 bridgehead atoms. The summed E-state index contributed by atoms with van der Waals surface area (Å²) in [4.78, 5) is 31.6. The van der Waals surface area contributed by atoms with E-state index in [0.717, 1.165) is 30.4 Å². The van der Waals surface area contributed by atoms with Gasteiger partial charge in [0.15, 0.2) is 0 Å². The van der Waals surface area contributed by atoms with Crippen LogP contribution in [-0.2, 0) is 9.59 Å². The van der Waals surface area contributed by atoms with Crippen molar-refractivity contribution in [3.8, 4) is 0 Å². The number of aromatic nitrogens is 1. The van der Waals surface area contributed by atoms with Crippen LogP contribution in [0.1, 0.15) is 49.8 Å². The SMILES string of the molecule is Cc1cc(NC(=O)C(=O)N2C[C@H](CCC(C)O)CC[C@H]2c2ccccc2)cnc1N. The zero-order valence-electron chi connectivity index (χ0n) is 17.5. The Labute approximate surface area is 177 Å². The van der Waals surface area contributed by atoms with E-state index >= 15 is 0 Å². The molecule has 1 saturated heterocycles. The molecule has 2 aromatic rings. The van der Waals surface area contributed by atoms with Gasteiger partial charge in [0, 0.05) is 6.54 Å². The van der Waals surface area contributed by atoms with Gasteiger partial charge in [-0.2, -0.15) is 0 Å². The van der Waals surface area contributed by atoms with Gasteiger partial charge in [0.05, 0.1) is 24.0 Å². The number of likely N-dealkylation sites (tertiary alicyclic amines) is 1. The lowest BCUT2D eigenvalue weighted by molar-refractivity contribution is -0.146. The minimum Gasteiger partial charge on any atom is -0.393 e. The van der Waals surface area contributed by atoms with E-state index in [2.05, 4.69) is 10.3 Å². The number of aliphatic hydroxyl groups is 1. The highest BCUT2D eigenvalue weighted by atomic mass is 16.3. The number of amides is 2. The highest BCUT2D eigenvalue weighted by molar-refractivity contribution is 6.39. The number of nitrogens with one attached hydrogen (secondary N) is 1. The Kier molecular flexibility index (Phi) is 7.05. The van der Waals surface area contributed by atoms with E-state index in [1.165, 1.54) is 6.20 Å². The van der Waals surface area contributed by atoms with Crippen molar-refractivity contribution in [2.24, 2.45) is 5.92 Å². The van der Waals surface area contributed by atoms with Crippen LogP contribution in [0.3, 0.4) is 0 Å². The largest absolute Gasteiger partial charge is 0.393 e. The number of nitrogens with zero attached hydrogens (tertiary/aromatic N) is 2. The molecule has 2 heterocycles. The normalized spacial score (nSPS) is 19.9. The number of hydrogen-bond acceptors (Lipinski definition) is 5. The van der Waals surface area contributed by atoms with E-state index in [1.54, 1.807) is 24.8 Å². The van der Waals surface area contributed by atoms with Gasteiger partial charge in [-0.1, -0.05) is 30.3 Å². The van der Waals surface area contributed by atoms with Crippen molar-refractivity contribution in [2.75, 3.05) is 17.6 Å². The van der Waals surface area contributed by atoms with Crippen LogP contribution < -0.4 is 11.1 Å². The lowest BCUT2D eigenvalue weighted by Gasteiger charge is -2.40. The molecule has 1 unspecified atom stereocenters. The third-order valence-electron chi connectivity index (χ3n) is 5.69. The van der Waals surface area contributed by atoms with Gasteiger partial charge in [0.2, 0.25) is 0 Å². The maximum atomic E-state index is 13.1. The fraction of sp³-hybridized carbons (Fsp3) is 0.435. The number of nitrogen functional groups attached to an aromatic ring is 1. The Bertz CT molecular complexity index is 885. The molecule has 0 aliphatic carbocycles. The predicted molar refractivity (Wildman–Crippen MR) is 117 cm³/mol. The molecule has 4 N–H and O–H groups in total. The number of aryl methyl sites for hydroxylation is 1. The number of carbonyl (C=O) groups is 2. The molecule has 1 aliphatic heterocycles. The standard InChI is InChI=1S/C23H30N4O3/c1-15-12-19(13-25-21(15)24)26-22(29)23(30)27-14-17(9-8-16(2)28)10-11-20(27)18-6-4-3-5-7-18/h3-7,12-13,16-17,20,28H,8-11,14H2,1-2H3,(H2,24,25)(H,26,29)/t16?,17-,20+/m1/s1. The zero-order valence-corrected chi connectivity index (χ0v) is 17.5. The molecular weight excluding hydrogens is 380 g/mol. The highest BCUT2D eigenvalue weighted by Gasteiger charge is 2.35. The monoisotopic (exact) mass is 410 g/mol.